The predicted molar refractivity (Wildman–Crippen MR) is 85.7 cm³/mol. The first-order valence-corrected chi connectivity index (χ1v) is 7.97. The molecule has 0 bridgehead atoms. The van der Waals surface area contributed by atoms with Gasteiger partial charge in [-0.05, 0) is 12.0 Å². The summed E-state index contributed by atoms with van der Waals surface area (Å²) < 4.78 is 11.2. The Morgan fingerprint density at radius 2 is 2.00 bits per heavy atom. The summed E-state index contributed by atoms with van der Waals surface area (Å²) >= 11 is 0. The lowest BCUT2D eigenvalue weighted by Crippen LogP contribution is -2.40. The molecule has 1 saturated heterocycles. The van der Waals surface area contributed by atoms with E-state index in [0.717, 1.165) is 58.3 Å². The largest absolute Gasteiger partial charge is 0.493 e. The van der Waals surface area contributed by atoms with E-state index in [4.69, 9.17) is 9.47 Å². The minimum atomic E-state index is 0.548. The number of nitrogens with one attached hydrogen (secondary N) is 1. The van der Waals surface area contributed by atoms with Crippen LogP contribution in [0.3, 0.4) is 0 Å². The maximum absolute atomic E-state index is 5.88. The van der Waals surface area contributed by atoms with Gasteiger partial charge in [-0.25, -0.2) is 0 Å². The molecule has 0 unspecified atom stereocenters. The third-order valence-electron chi connectivity index (χ3n) is 3.57. The fourth-order valence-corrected chi connectivity index (χ4v) is 2.33. The van der Waals surface area contributed by atoms with Gasteiger partial charge in [-0.3, -0.25) is 4.90 Å². The van der Waals surface area contributed by atoms with Crippen LogP contribution >= 0.6 is 0 Å². The molecule has 0 radical (unpaired) electrons. The molecule has 1 aromatic carbocycles. The minimum Gasteiger partial charge on any atom is -0.493 e. The van der Waals surface area contributed by atoms with Crippen LogP contribution in [0.25, 0.3) is 0 Å². The molecule has 4 nitrogen and oxygen atoms in total. The Labute approximate surface area is 128 Å². The fraction of sp³-hybridized carbons (Fsp3) is 0.647. The second-order valence-corrected chi connectivity index (χ2v) is 5.94. The molecule has 1 fully saturated rings. The average molecular weight is 292 g/mol. The van der Waals surface area contributed by atoms with Crippen molar-refractivity contribution in [2.75, 3.05) is 46.0 Å². The lowest BCUT2D eigenvalue weighted by Gasteiger charge is -2.26. The standard InChI is InChI=1S/C17H28N2O2/c1-15(2)14-21-17-6-4-3-5-16(17)13-18-7-8-19-9-11-20-12-10-19/h3-6,15,18H,7-14H2,1-2H3. The van der Waals surface area contributed by atoms with Crippen molar-refractivity contribution < 1.29 is 9.47 Å². The third kappa shape index (κ3) is 6.04. The lowest BCUT2D eigenvalue weighted by atomic mass is 10.2. The smallest absolute Gasteiger partial charge is 0.123 e. The number of nitrogens with zero attached hydrogens (tertiary/aromatic N) is 1. The van der Waals surface area contributed by atoms with E-state index in [-0.39, 0.29) is 0 Å². The molecule has 1 N–H and O–H groups in total. The summed E-state index contributed by atoms with van der Waals surface area (Å²) in [4.78, 5) is 2.44. The maximum atomic E-state index is 5.88. The zero-order valence-electron chi connectivity index (χ0n) is 13.3. The van der Waals surface area contributed by atoms with Crippen LogP contribution in [0.1, 0.15) is 19.4 Å². The molecule has 0 aromatic heterocycles. The van der Waals surface area contributed by atoms with Crippen molar-refractivity contribution in [2.45, 2.75) is 20.4 Å². The van der Waals surface area contributed by atoms with Gasteiger partial charge in [0.1, 0.15) is 5.75 Å². The topological polar surface area (TPSA) is 33.7 Å². The Morgan fingerprint density at radius 3 is 2.76 bits per heavy atom. The summed E-state index contributed by atoms with van der Waals surface area (Å²) in [6, 6.07) is 8.30. The normalized spacial score (nSPS) is 16.3. The van der Waals surface area contributed by atoms with Crippen LogP contribution in [0, 0.1) is 5.92 Å². The molecule has 0 amide bonds. The second kappa shape index (κ2) is 9.03. The van der Waals surface area contributed by atoms with Gasteiger partial charge in [0, 0.05) is 38.3 Å². The number of para-hydroxylation sites is 1. The Balaban J connectivity index is 1.71. The minimum absolute atomic E-state index is 0.548. The average Bonchev–Trinajstić information content (AvgIpc) is 2.51. The van der Waals surface area contributed by atoms with Crippen molar-refractivity contribution in [3.63, 3.8) is 0 Å². The number of hydrogen-bond acceptors (Lipinski definition) is 4. The maximum Gasteiger partial charge on any atom is 0.123 e. The zero-order chi connectivity index (χ0) is 14.9. The van der Waals surface area contributed by atoms with Crippen molar-refractivity contribution in [1.29, 1.82) is 0 Å². The summed E-state index contributed by atoms with van der Waals surface area (Å²) in [6.45, 7) is 11.9. The van der Waals surface area contributed by atoms with Gasteiger partial charge < -0.3 is 14.8 Å². The summed E-state index contributed by atoms with van der Waals surface area (Å²) in [6.07, 6.45) is 0. The molecule has 0 aliphatic carbocycles. The summed E-state index contributed by atoms with van der Waals surface area (Å²) in [7, 11) is 0. The first kappa shape index (κ1) is 16.3. The predicted octanol–water partition coefficient (Wildman–Crippen LogP) is 2.14. The quantitative estimate of drug-likeness (QED) is 0.744. The number of benzene rings is 1. The first-order valence-electron chi connectivity index (χ1n) is 7.97. The van der Waals surface area contributed by atoms with E-state index >= 15 is 0 Å². The van der Waals surface area contributed by atoms with Crippen molar-refractivity contribution in [2.24, 2.45) is 5.92 Å². The number of ether oxygens (including phenoxy) is 2. The van der Waals surface area contributed by atoms with Crippen molar-refractivity contribution >= 4 is 0 Å². The number of rotatable bonds is 8. The molecule has 0 saturated carbocycles. The Bertz CT molecular complexity index is 404. The molecular formula is C17H28N2O2. The third-order valence-corrected chi connectivity index (χ3v) is 3.57. The van der Waals surface area contributed by atoms with Crippen LogP contribution in [0.4, 0.5) is 0 Å². The van der Waals surface area contributed by atoms with E-state index in [1.807, 2.05) is 6.07 Å². The molecular weight excluding hydrogens is 264 g/mol. The number of hydrogen-bond donors (Lipinski definition) is 1. The van der Waals surface area contributed by atoms with E-state index in [9.17, 15) is 0 Å². The Hall–Kier alpha value is -1.10. The van der Waals surface area contributed by atoms with Crippen LogP contribution in [0.5, 0.6) is 5.75 Å². The first-order chi connectivity index (χ1) is 10.3. The highest BCUT2D eigenvalue weighted by Gasteiger charge is 2.09. The molecule has 21 heavy (non-hydrogen) atoms. The van der Waals surface area contributed by atoms with Gasteiger partial charge in [0.2, 0.25) is 0 Å². The zero-order valence-corrected chi connectivity index (χ0v) is 13.3. The molecule has 1 aliphatic rings. The second-order valence-electron chi connectivity index (χ2n) is 5.94. The van der Waals surface area contributed by atoms with Crippen LogP contribution < -0.4 is 10.1 Å². The molecule has 1 aromatic rings. The summed E-state index contributed by atoms with van der Waals surface area (Å²) in [5.41, 5.74) is 1.24. The molecule has 1 aliphatic heterocycles. The van der Waals surface area contributed by atoms with Gasteiger partial charge in [-0.1, -0.05) is 32.0 Å². The van der Waals surface area contributed by atoms with Crippen LogP contribution in [-0.4, -0.2) is 50.9 Å². The highest BCUT2D eigenvalue weighted by Crippen LogP contribution is 2.18. The van der Waals surface area contributed by atoms with Crippen LogP contribution in [0.15, 0.2) is 24.3 Å². The Kier molecular flexibility index (Phi) is 7.00. The van der Waals surface area contributed by atoms with E-state index < -0.39 is 0 Å². The Morgan fingerprint density at radius 1 is 1.24 bits per heavy atom. The van der Waals surface area contributed by atoms with Gasteiger partial charge in [0.05, 0.1) is 19.8 Å². The van der Waals surface area contributed by atoms with E-state index in [1.165, 1.54) is 5.56 Å². The van der Waals surface area contributed by atoms with Gasteiger partial charge in [-0.15, -0.1) is 0 Å². The van der Waals surface area contributed by atoms with Gasteiger partial charge >= 0.3 is 0 Å². The molecule has 0 spiro atoms. The van der Waals surface area contributed by atoms with E-state index in [1.54, 1.807) is 0 Å². The van der Waals surface area contributed by atoms with Crippen molar-refractivity contribution in [3.05, 3.63) is 29.8 Å². The molecule has 4 heteroatoms. The summed E-state index contributed by atoms with van der Waals surface area (Å²) in [5.74, 6) is 1.55. The van der Waals surface area contributed by atoms with E-state index in [2.05, 4.69) is 42.3 Å². The van der Waals surface area contributed by atoms with Crippen molar-refractivity contribution in [3.8, 4) is 5.75 Å². The van der Waals surface area contributed by atoms with Crippen LogP contribution in [0.2, 0.25) is 0 Å². The van der Waals surface area contributed by atoms with Crippen molar-refractivity contribution in [1.82, 2.24) is 10.2 Å². The SMILES string of the molecule is CC(C)COc1ccccc1CNCCN1CCOCC1. The van der Waals surface area contributed by atoms with E-state index in [0.29, 0.717) is 5.92 Å². The number of morpholine rings is 1. The highest BCUT2D eigenvalue weighted by atomic mass is 16.5. The van der Waals surface area contributed by atoms with Gasteiger partial charge in [0.15, 0.2) is 0 Å². The summed E-state index contributed by atoms with van der Waals surface area (Å²) in [5, 5.41) is 3.51. The van der Waals surface area contributed by atoms with Gasteiger partial charge in [-0.2, -0.15) is 0 Å². The molecule has 0 atom stereocenters. The molecule has 118 valence electrons. The van der Waals surface area contributed by atoms with Crippen LogP contribution in [-0.2, 0) is 11.3 Å². The molecule has 2 rings (SSSR count). The molecule has 1 heterocycles. The fourth-order valence-electron chi connectivity index (χ4n) is 2.33. The highest BCUT2D eigenvalue weighted by molar-refractivity contribution is 5.33. The van der Waals surface area contributed by atoms with Gasteiger partial charge in [0.25, 0.3) is 0 Å². The monoisotopic (exact) mass is 292 g/mol. The lowest BCUT2D eigenvalue weighted by molar-refractivity contribution is 0.0384.